The molecule has 2 aliphatic rings. The van der Waals surface area contributed by atoms with Gasteiger partial charge in [0.25, 0.3) is 0 Å². The molecule has 7 heteroatoms. The molecule has 2 aliphatic heterocycles. The van der Waals surface area contributed by atoms with Gasteiger partial charge in [0.05, 0.1) is 6.54 Å². The normalized spacial score (nSPS) is 24.5. The summed E-state index contributed by atoms with van der Waals surface area (Å²) in [6.07, 6.45) is -0.502. The van der Waals surface area contributed by atoms with Crippen molar-refractivity contribution in [3.8, 4) is 5.75 Å². The molecule has 122 valence electrons. The zero-order valence-corrected chi connectivity index (χ0v) is 13.1. The lowest BCUT2D eigenvalue weighted by Crippen LogP contribution is -2.69. The Hall–Kier alpha value is -2.57. The molecule has 2 atom stereocenters. The van der Waals surface area contributed by atoms with E-state index in [1.54, 1.807) is 43.1 Å². The van der Waals surface area contributed by atoms with Gasteiger partial charge in [-0.05, 0) is 19.1 Å². The first kappa shape index (κ1) is 15.3. The number of nitrogens with zero attached hydrogens (tertiary/aromatic N) is 3. The minimum absolute atomic E-state index is 0.0758. The fourth-order valence-electron chi connectivity index (χ4n) is 2.91. The van der Waals surface area contributed by atoms with Gasteiger partial charge < -0.3 is 19.4 Å². The third-order valence-electron chi connectivity index (χ3n) is 4.44. The van der Waals surface area contributed by atoms with Crippen LogP contribution in [-0.4, -0.2) is 71.4 Å². The predicted octanol–water partition coefficient (Wildman–Crippen LogP) is 0.559. The van der Waals surface area contributed by atoms with E-state index in [0.717, 1.165) is 0 Å². The van der Waals surface area contributed by atoms with E-state index in [2.05, 4.69) is 0 Å². The molecule has 0 aromatic heterocycles. The molecule has 1 aromatic rings. The lowest BCUT2D eigenvalue weighted by molar-refractivity contribution is -0.162. The molecule has 1 aromatic carbocycles. The summed E-state index contributed by atoms with van der Waals surface area (Å²) in [5.41, 5.74) is 0. The summed E-state index contributed by atoms with van der Waals surface area (Å²) in [4.78, 5) is 41.4. The van der Waals surface area contributed by atoms with Gasteiger partial charge >= 0.3 is 6.09 Å². The standard InChI is InChI=1S/C16H19N3O4/c1-11-14(20)19-9-8-18(10-13(19)15(21)17(11)2)16(22)23-12-6-4-3-5-7-12/h3-7,11,13H,8-10H2,1-2H3/t11-,13+/m0/s1. The maximum absolute atomic E-state index is 12.4. The van der Waals surface area contributed by atoms with Crippen molar-refractivity contribution in [2.45, 2.75) is 19.0 Å². The Bertz CT molecular complexity index is 633. The zero-order valence-electron chi connectivity index (χ0n) is 13.1. The second-order valence-corrected chi connectivity index (χ2v) is 5.80. The zero-order chi connectivity index (χ0) is 16.6. The van der Waals surface area contributed by atoms with E-state index < -0.39 is 18.2 Å². The molecule has 2 fully saturated rings. The Labute approximate surface area is 134 Å². The van der Waals surface area contributed by atoms with E-state index >= 15 is 0 Å². The van der Waals surface area contributed by atoms with Gasteiger partial charge in [-0.15, -0.1) is 0 Å². The summed E-state index contributed by atoms with van der Waals surface area (Å²) >= 11 is 0. The molecule has 0 unspecified atom stereocenters. The summed E-state index contributed by atoms with van der Waals surface area (Å²) in [5, 5.41) is 0. The summed E-state index contributed by atoms with van der Waals surface area (Å²) in [5.74, 6) is 0.235. The average molecular weight is 317 g/mol. The van der Waals surface area contributed by atoms with Crippen molar-refractivity contribution < 1.29 is 19.1 Å². The number of para-hydroxylation sites is 1. The number of ether oxygens (including phenoxy) is 1. The first-order valence-corrected chi connectivity index (χ1v) is 7.58. The summed E-state index contributed by atoms with van der Waals surface area (Å²) in [7, 11) is 1.61. The number of rotatable bonds is 1. The third-order valence-corrected chi connectivity index (χ3v) is 4.44. The van der Waals surface area contributed by atoms with Crippen LogP contribution in [0.15, 0.2) is 30.3 Å². The van der Waals surface area contributed by atoms with Crippen LogP contribution >= 0.6 is 0 Å². The summed E-state index contributed by atoms with van der Waals surface area (Å²) in [6.45, 7) is 2.58. The number of carbonyl (C=O) groups is 3. The highest BCUT2D eigenvalue weighted by Crippen LogP contribution is 2.21. The average Bonchev–Trinajstić information content (AvgIpc) is 2.58. The number of likely N-dealkylation sites (N-methyl/N-ethyl adjacent to an activating group) is 1. The second kappa shape index (κ2) is 5.91. The number of carbonyl (C=O) groups excluding carboxylic acids is 3. The lowest BCUT2D eigenvalue weighted by atomic mass is 10.0. The maximum atomic E-state index is 12.4. The van der Waals surface area contributed by atoms with E-state index in [1.165, 1.54) is 9.80 Å². The fourth-order valence-corrected chi connectivity index (χ4v) is 2.91. The van der Waals surface area contributed by atoms with E-state index in [9.17, 15) is 14.4 Å². The van der Waals surface area contributed by atoms with Gasteiger partial charge in [0.15, 0.2) is 0 Å². The van der Waals surface area contributed by atoms with Crippen LogP contribution < -0.4 is 4.74 Å². The van der Waals surface area contributed by atoms with Crippen LogP contribution in [0.1, 0.15) is 6.92 Å². The molecule has 3 amide bonds. The minimum atomic E-state index is -0.624. The molecule has 0 radical (unpaired) electrons. The van der Waals surface area contributed by atoms with Crippen molar-refractivity contribution in [2.24, 2.45) is 0 Å². The largest absolute Gasteiger partial charge is 0.415 e. The van der Waals surface area contributed by atoms with Crippen LogP contribution in [0.2, 0.25) is 0 Å². The molecular weight excluding hydrogens is 298 g/mol. The first-order valence-electron chi connectivity index (χ1n) is 7.58. The number of amides is 3. The van der Waals surface area contributed by atoms with Gasteiger partial charge in [-0.2, -0.15) is 0 Å². The molecule has 3 rings (SSSR count). The summed E-state index contributed by atoms with van der Waals surface area (Å²) in [6, 6.07) is 7.69. The molecule has 0 spiro atoms. The van der Waals surface area contributed by atoms with Crippen LogP contribution in [0.4, 0.5) is 4.79 Å². The van der Waals surface area contributed by atoms with Gasteiger partial charge in [0, 0.05) is 20.1 Å². The SMILES string of the molecule is C[C@H]1C(=O)N2CCN(C(=O)Oc3ccccc3)C[C@@H]2C(=O)N1C. The summed E-state index contributed by atoms with van der Waals surface area (Å²) < 4.78 is 5.30. The topological polar surface area (TPSA) is 70.2 Å². The molecular formula is C16H19N3O4. The molecule has 0 bridgehead atoms. The maximum Gasteiger partial charge on any atom is 0.415 e. The quantitative estimate of drug-likeness (QED) is 0.759. The van der Waals surface area contributed by atoms with Crippen molar-refractivity contribution in [1.29, 1.82) is 0 Å². The number of benzene rings is 1. The highest BCUT2D eigenvalue weighted by Gasteiger charge is 2.45. The fraction of sp³-hybridized carbons (Fsp3) is 0.438. The predicted molar refractivity (Wildman–Crippen MR) is 81.8 cm³/mol. The number of hydrogen-bond donors (Lipinski definition) is 0. The molecule has 0 aliphatic carbocycles. The Morgan fingerprint density at radius 1 is 1.13 bits per heavy atom. The Kier molecular flexibility index (Phi) is 3.94. The van der Waals surface area contributed by atoms with Gasteiger partial charge in [0.1, 0.15) is 17.8 Å². The van der Waals surface area contributed by atoms with Crippen LogP contribution in [0.3, 0.4) is 0 Å². The third kappa shape index (κ3) is 2.74. The van der Waals surface area contributed by atoms with Crippen LogP contribution in [0.25, 0.3) is 0 Å². The Balaban J connectivity index is 1.70. The van der Waals surface area contributed by atoms with E-state index in [-0.39, 0.29) is 18.4 Å². The highest BCUT2D eigenvalue weighted by atomic mass is 16.6. The molecule has 2 saturated heterocycles. The highest BCUT2D eigenvalue weighted by molar-refractivity contribution is 5.97. The van der Waals surface area contributed by atoms with Crippen molar-refractivity contribution in [3.63, 3.8) is 0 Å². The Morgan fingerprint density at radius 2 is 1.83 bits per heavy atom. The molecule has 23 heavy (non-hydrogen) atoms. The Morgan fingerprint density at radius 3 is 2.52 bits per heavy atom. The lowest BCUT2D eigenvalue weighted by Gasteiger charge is -2.47. The molecule has 2 heterocycles. The van der Waals surface area contributed by atoms with Gasteiger partial charge in [-0.3, -0.25) is 9.59 Å². The van der Waals surface area contributed by atoms with Crippen LogP contribution in [-0.2, 0) is 9.59 Å². The van der Waals surface area contributed by atoms with Crippen molar-refractivity contribution in [3.05, 3.63) is 30.3 Å². The van der Waals surface area contributed by atoms with Crippen molar-refractivity contribution >= 4 is 17.9 Å². The number of fused-ring (bicyclic) bond motifs is 1. The molecule has 0 saturated carbocycles. The van der Waals surface area contributed by atoms with Crippen molar-refractivity contribution in [2.75, 3.05) is 26.7 Å². The molecule has 7 nitrogen and oxygen atoms in total. The number of hydrogen-bond acceptors (Lipinski definition) is 4. The van der Waals surface area contributed by atoms with Gasteiger partial charge in [0.2, 0.25) is 11.8 Å². The van der Waals surface area contributed by atoms with E-state index in [4.69, 9.17) is 4.74 Å². The molecule has 0 N–H and O–H groups in total. The van der Waals surface area contributed by atoms with Crippen LogP contribution in [0, 0.1) is 0 Å². The second-order valence-electron chi connectivity index (χ2n) is 5.80. The van der Waals surface area contributed by atoms with Crippen LogP contribution in [0.5, 0.6) is 5.75 Å². The minimum Gasteiger partial charge on any atom is -0.410 e. The monoisotopic (exact) mass is 317 g/mol. The van der Waals surface area contributed by atoms with Crippen molar-refractivity contribution in [1.82, 2.24) is 14.7 Å². The van der Waals surface area contributed by atoms with Gasteiger partial charge in [-0.1, -0.05) is 18.2 Å². The smallest absolute Gasteiger partial charge is 0.410 e. The first-order chi connectivity index (χ1) is 11.0. The number of piperazine rings is 2. The van der Waals surface area contributed by atoms with E-state index in [0.29, 0.717) is 18.8 Å². The van der Waals surface area contributed by atoms with Gasteiger partial charge in [-0.25, -0.2) is 4.79 Å². The van der Waals surface area contributed by atoms with E-state index in [1.807, 2.05) is 6.07 Å².